The van der Waals surface area contributed by atoms with Crippen molar-refractivity contribution >= 4 is 34.9 Å². The van der Waals surface area contributed by atoms with Gasteiger partial charge in [0.15, 0.2) is 0 Å². The Labute approximate surface area is 198 Å². The van der Waals surface area contributed by atoms with Gasteiger partial charge in [-0.3, -0.25) is 9.69 Å². The van der Waals surface area contributed by atoms with Crippen LogP contribution in [0.15, 0.2) is 24.5 Å². The van der Waals surface area contributed by atoms with Crippen molar-refractivity contribution in [2.45, 2.75) is 51.4 Å². The molecule has 172 valence electrons. The lowest BCUT2D eigenvalue weighted by Crippen LogP contribution is -2.50. The van der Waals surface area contributed by atoms with Gasteiger partial charge in [0.2, 0.25) is 0 Å². The molecular weight excluding hydrogens is 452 g/mol. The predicted molar refractivity (Wildman–Crippen MR) is 125 cm³/mol. The van der Waals surface area contributed by atoms with Crippen molar-refractivity contribution < 1.29 is 9.18 Å². The molecule has 1 aromatic carbocycles. The summed E-state index contributed by atoms with van der Waals surface area (Å²) in [7, 11) is 0. The number of halogens is 3. The van der Waals surface area contributed by atoms with Gasteiger partial charge in [0, 0.05) is 37.8 Å². The first kappa shape index (κ1) is 23.2. The summed E-state index contributed by atoms with van der Waals surface area (Å²) in [6.07, 6.45) is 4.01. The second kappa shape index (κ2) is 10.3. The molecule has 1 aromatic heterocycles. The van der Waals surface area contributed by atoms with Gasteiger partial charge >= 0.3 is 0 Å². The molecule has 0 radical (unpaired) electrons. The van der Waals surface area contributed by atoms with Crippen molar-refractivity contribution in [2.75, 3.05) is 31.5 Å². The maximum absolute atomic E-state index is 13.8. The minimum atomic E-state index is -0.720. The van der Waals surface area contributed by atoms with Crippen LogP contribution in [0.5, 0.6) is 0 Å². The number of piperidine rings is 2. The van der Waals surface area contributed by atoms with Crippen molar-refractivity contribution in [3.05, 3.63) is 51.4 Å². The molecular formula is C23H28Cl2FN5O. The van der Waals surface area contributed by atoms with E-state index in [4.69, 9.17) is 23.2 Å². The molecule has 3 heterocycles. The lowest BCUT2D eigenvalue weighted by atomic mass is 9.99. The molecule has 2 fully saturated rings. The Morgan fingerprint density at radius 2 is 1.94 bits per heavy atom. The number of alkyl halides is 1. The molecule has 2 aliphatic rings. The van der Waals surface area contributed by atoms with E-state index in [1.807, 2.05) is 17.9 Å². The zero-order valence-electron chi connectivity index (χ0n) is 18.2. The Balaban J connectivity index is 1.37. The van der Waals surface area contributed by atoms with Crippen LogP contribution < -0.4 is 5.32 Å². The van der Waals surface area contributed by atoms with E-state index >= 15 is 0 Å². The molecule has 0 bridgehead atoms. The largest absolute Gasteiger partial charge is 0.366 e. The van der Waals surface area contributed by atoms with E-state index in [1.54, 1.807) is 12.1 Å². The van der Waals surface area contributed by atoms with Gasteiger partial charge in [-0.25, -0.2) is 14.4 Å². The highest BCUT2D eigenvalue weighted by molar-refractivity contribution is 6.42. The van der Waals surface area contributed by atoms with Gasteiger partial charge in [0.1, 0.15) is 24.0 Å². The maximum Gasteiger partial charge on any atom is 0.272 e. The van der Waals surface area contributed by atoms with Crippen molar-refractivity contribution in [1.82, 2.24) is 19.8 Å². The molecule has 2 saturated heterocycles. The minimum Gasteiger partial charge on any atom is -0.366 e. The Morgan fingerprint density at radius 3 is 2.66 bits per heavy atom. The minimum absolute atomic E-state index is 0.0806. The van der Waals surface area contributed by atoms with Crippen LogP contribution in [-0.2, 0) is 6.54 Å². The zero-order valence-corrected chi connectivity index (χ0v) is 19.7. The number of rotatable bonds is 5. The third kappa shape index (κ3) is 5.33. The van der Waals surface area contributed by atoms with E-state index in [-0.39, 0.29) is 5.91 Å². The highest BCUT2D eigenvalue weighted by Gasteiger charge is 2.31. The molecule has 6 nitrogen and oxygen atoms in total. The van der Waals surface area contributed by atoms with E-state index in [2.05, 4.69) is 20.2 Å². The van der Waals surface area contributed by atoms with E-state index in [9.17, 15) is 9.18 Å². The van der Waals surface area contributed by atoms with Gasteiger partial charge in [-0.05, 0) is 56.8 Å². The summed E-state index contributed by atoms with van der Waals surface area (Å²) >= 11 is 12.1. The second-order valence-electron chi connectivity index (χ2n) is 8.56. The van der Waals surface area contributed by atoms with Crippen LogP contribution in [0, 0.1) is 6.92 Å². The number of carbonyl (C=O) groups is 1. The molecule has 9 heteroatoms. The van der Waals surface area contributed by atoms with E-state index in [1.165, 1.54) is 6.33 Å². The van der Waals surface area contributed by atoms with Crippen molar-refractivity contribution in [3.8, 4) is 0 Å². The van der Waals surface area contributed by atoms with E-state index in [0.29, 0.717) is 60.2 Å². The number of amides is 1. The summed E-state index contributed by atoms with van der Waals surface area (Å²) in [4.78, 5) is 25.9. The van der Waals surface area contributed by atoms with Crippen LogP contribution in [-0.4, -0.2) is 64.1 Å². The van der Waals surface area contributed by atoms with Crippen LogP contribution in [0.25, 0.3) is 0 Å². The molecule has 2 aliphatic heterocycles. The maximum atomic E-state index is 13.8. The van der Waals surface area contributed by atoms with Crippen LogP contribution in [0.2, 0.25) is 10.0 Å². The second-order valence-corrected chi connectivity index (χ2v) is 9.37. The number of aromatic nitrogens is 2. The average molecular weight is 480 g/mol. The monoisotopic (exact) mass is 479 g/mol. The molecule has 32 heavy (non-hydrogen) atoms. The fourth-order valence-corrected chi connectivity index (χ4v) is 4.87. The van der Waals surface area contributed by atoms with Crippen molar-refractivity contribution in [2.24, 2.45) is 0 Å². The van der Waals surface area contributed by atoms with Crippen molar-refractivity contribution in [1.29, 1.82) is 0 Å². The quantitative estimate of drug-likeness (QED) is 0.670. The summed E-state index contributed by atoms with van der Waals surface area (Å²) in [5, 5.41) is 4.27. The molecule has 2 aromatic rings. The van der Waals surface area contributed by atoms with Gasteiger partial charge in [-0.1, -0.05) is 29.3 Å². The SMILES string of the molecule is Cc1c(NCc2ccc(Cl)c(Cl)c2)ncnc1C(=O)N1CCC(N2CCCC(F)C2)CC1. The fourth-order valence-electron chi connectivity index (χ4n) is 4.55. The van der Waals surface area contributed by atoms with Crippen LogP contribution in [0.1, 0.15) is 47.3 Å². The first-order valence-electron chi connectivity index (χ1n) is 11.1. The Morgan fingerprint density at radius 1 is 1.16 bits per heavy atom. The molecule has 4 rings (SSSR count). The van der Waals surface area contributed by atoms with E-state index < -0.39 is 6.17 Å². The number of nitrogens with zero attached hydrogens (tertiary/aromatic N) is 4. The Hall–Kier alpha value is -1.96. The average Bonchev–Trinajstić information content (AvgIpc) is 2.80. The molecule has 1 N–H and O–H groups in total. The Bertz CT molecular complexity index is 967. The summed E-state index contributed by atoms with van der Waals surface area (Å²) in [5.41, 5.74) is 2.09. The predicted octanol–water partition coefficient (Wildman–Crippen LogP) is 4.74. The lowest BCUT2D eigenvalue weighted by Gasteiger charge is -2.40. The van der Waals surface area contributed by atoms with Gasteiger partial charge in [-0.15, -0.1) is 0 Å². The molecule has 1 amide bonds. The van der Waals surface area contributed by atoms with Gasteiger partial charge in [0.05, 0.1) is 10.0 Å². The van der Waals surface area contributed by atoms with Gasteiger partial charge in [0.25, 0.3) is 5.91 Å². The number of likely N-dealkylation sites (tertiary alicyclic amines) is 2. The molecule has 1 atom stereocenters. The summed E-state index contributed by atoms with van der Waals surface area (Å²) in [6.45, 7) is 5.15. The molecule has 1 unspecified atom stereocenters. The van der Waals surface area contributed by atoms with Gasteiger partial charge < -0.3 is 10.2 Å². The smallest absolute Gasteiger partial charge is 0.272 e. The third-order valence-electron chi connectivity index (χ3n) is 6.39. The third-order valence-corrected chi connectivity index (χ3v) is 7.13. The highest BCUT2D eigenvalue weighted by atomic mass is 35.5. The summed E-state index contributed by atoms with van der Waals surface area (Å²) in [5.74, 6) is 0.537. The van der Waals surface area contributed by atoms with Gasteiger partial charge in [-0.2, -0.15) is 0 Å². The summed E-state index contributed by atoms with van der Waals surface area (Å²) < 4.78 is 13.8. The molecule has 0 spiro atoms. The fraction of sp³-hybridized carbons (Fsp3) is 0.522. The number of anilines is 1. The first-order valence-corrected chi connectivity index (χ1v) is 11.8. The van der Waals surface area contributed by atoms with Crippen LogP contribution >= 0.6 is 23.2 Å². The number of carbonyl (C=O) groups excluding carboxylic acids is 1. The zero-order chi connectivity index (χ0) is 22.7. The number of benzene rings is 1. The molecule has 0 aliphatic carbocycles. The Kier molecular flexibility index (Phi) is 7.48. The standard InChI is InChI=1S/C23H28Cl2FN5O/c1-15-21(28-14-29-22(15)27-12-16-4-5-19(24)20(25)11-16)23(32)30-9-6-18(7-10-30)31-8-2-3-17(26)13-31/h4-5,11,14,17-18H,2-3,6-10,12-13H2,1H3,(H,27,28,29). The normalized spacial score (nSPS) is 20.4. The number of hydrogen-bond donors (Lipinski definition) is 1. The lowest BCUT2D eigenvalue weighted by molar-refractivity contribution is 0.0473. The van der Waals surface area contributed by atoms with Crippen LogP contribution in [0.3, 0.4) is 0 Å². The first-order chi connectivity index (χ1) is 15.4. The topological polar surface area (TPSA) is 61.4 Å². The highest BCUT2D eigenvalue weighted by Crippen LogP contribution is 2.25. The number of hydrogen-bond acceptors (Lipinski definition) is 5. The summed E-state index contributed by atoms with van der Waals surface area (Å²) in [6, 6.07) is 5.80. The molecule has 0 saturated carbocycles. The van der Waals surface area contributed by atoms with Crippen LogP contribution in [0.4, 0.5) is 10.2 Å². The van der Waals surface area contributed by atoms with Crippen molar-refractivity contribution in [3.63, 3.8) is 0 Å². The van der Waals surface area contributed by atoms with E-state index in [0.717, 1.165) is 36.9 Å². The number of nitrogens with one attached hydrogen (secondary N) is 1.